The fourth-order valence-corrected chi connectivity index (χ4v) is 3.70. The third-order valence-corrected chi connectivity index (χ3v) is 6.05. The minimum absolute atomic E-state index is 0.0715. The number of amides is 3. The van der Waals surface area contributed by atoms with Crippen LogP contribution in [0, 0.1) is 0 Å². The van der Waals surface area contributed by atoms with Crippen LogP contribution < -0.4 is 9.47 Å². The predicted molar refractivity (Wildman–Crippen MR) is 114 cm³/mol. The van der Waals surface area contributed by atoms with Crippen molar-refractivity contribution in [1.29, 1.82) is 0 Å². The number of carbonyl (C=O) groups is 3. The lowest BCUT2D eigenvalue weighted by Gasteiger charge is -2.22. The number of hydrogen-bond acceptors (Lipinski definition) is 6. The Morgan fingerprint density at radius 1 is 0.970 bits per heavy atom. The quantitative estimate of drug-likeness (QED) is 0.401. The maximum atomic E-state index is 12.4. The van der Waals surface area contributed by atoms with E-state index in [0.29, 0.717) is 11.5 Å². The molecule has 0 saturated carbocycles. The van der Waals surface area contributed by atoms with E-state index in [9.17, 15) is 27.6 Å². The number of imide groups is 1. The maximum Gasteiger partial charge on any atom is 0.573 e. The molecule has 0 radical (unpaired) electrons. The summed E-state index contributed by atoms with van der Waals surface area (Å²) < 4.78 is 46.0. The van der Waals surface area contributed by atoms with E-state index in [-0.39, 0.29) is 23.8 Å². The van der Waals surface area contributed by atoms with Gasteiger partial charge in [-0.1, -0.05) is 0 Å². The van der Waals surface area contributed by atoms with Crippen molar-refractivity contribution in [1.82, 2.24) is 9.80 Å². The van der Waals surface area contributed by atoms with E-state index in [1.165, 1.54) is 35.8 Å². The van der Waals surface area contributed by atoms with Crippen LogP contribution in [0.3, 0.4) is 0 Å². The fraction of sp³-hybridized carbons (Fsp3) is 0.318. The second kappa shape index (κ2) is 9.34. The Morgan fingerprint density at radius 2 is 1.48 bits per heavy atom. The lowest BCUT2D eigenvalue weighted by atomic mass is 10.1. The van der Waals surface area contributed by atoms with Gasteiger partial charge >= 0.3 is 12.4 Å². The highest BCUT2D eigenvalue weighted by Crippen LogP contribution is 2.29. The van der Waals surface area contributed by atoms with Crippen LogP contribution in [0.4, 0.5) is 18.0 Å². The van der Waals surface area contributed by atoms with Gasteiger partial charge in [0.25, 0.3) is 5.91 Å². The van der Waals surface area contributed by atoms with Crippen molar-refractivity contribution in [2.45, 2.75) is 30.6 Å². The van der Waals surface area contributed by atoms with Crippen molar-refractivity contribution in [2.75, 3.05) is 19.3 Å². The smallest absolute Gasteiger partial charge is 0.457 e. The number of Topliss-reactive ketones (excluding diaryl/α,β-unsaturated/α-hetero) is 1. The van der Waals surface area contributed by atoms with Gasteiger partial charge in [0.2, 0.25) is 0 Å². The topological polar surface area (TPSA) is 76.2 Å². The summed E-state index contributed by atoms with van der Waals surface area (Å²) in [6.45, 7) is 2.97. The summed E-state index contributed by atoms with van der Waals surface area (Å²) >= 11 is 1.25. The Labute approximate surface area is 192 Å². The van der Waals surface area contributed by atoms with Gasteiger partial charge in [0.05, 0.1) is 12.3 Å². The molecule has 0 bridgehead atoms. The number of alkyl halides is 3. The van der Waals surface area contributed by atoms with Gasteiger partial charge in [-0.2, -0.15) is 0 Å². The van der Waals surface area contributed by atoms with E-state index in [2.05, 4.69) is 4.74 Å². The summed E-state index contributed by atoms with van der Waals surface area (Å²) in [6, 6.07) is 11.2. The molecule has 0 spiro atoms. The van der Waals surface area contributed by atoms with Crippen LogP contribution in [-0.4, -0.2) is 58.8 Å². The number of likely N-dealkylation sites (N-methyl/N-ethyl adjacent to an activating group) is 1. The summed E-state index contributed by atoms with van der Waals surface area (Å²) in [5.41, 5.74) is -0.980. The number of ketones is 1. The Balaban J connectivity index is 1.50. The average molecular weight is 482 g/mol. The number of carbonyl (C=O) groups excluding carboxylic acids is 3. The van der Waals surface area contributed by atoms with Gasteiger partial charge in [0.15, 0.2) is 5.78 Å². The van der Waals surface area contributed by atoms with E-state index in [1.54, 1.807) is 38.1 Å². The molecule has 11 heteroatoms. The van der Waals surface area contributed by atoms with Gasteiger partial charge < -0.3 is 14.4 Å². The van der Waals surface area contributed by atoms with E-state index in [4.69, 9.17) is 4.74 Å². The molecule has 176 valence electrons. The van der Waals surface area contributed by atoms with Crippen LogP contribution in [0.25, 0.3) is 0 Å². The van der Waals surface area contributed by atoms with Crippen LogP contribution in [0.5, 0.6) is 17.2 Å². The number of ether oxygens (including phenoxy) is 2. The highest BCUT2D eigenvalue weighted by atomic mass is 32.2. The molecule has 0 N–H and O–H groups in total. The monoisotopic (exact) mass is 482 g/mol. The predicted octanol–water partition coefficient (Wildman–Crippen LogP) is 4.71. The van der Waals surface area contributed by atoms with Gasteiger partial charge in [-0.25, -0.2) is 4.79 Å². The highest BCUT2D eigenvalue weighted by molar-refractivity contribution is 8.00. The van der Waals surface area contributed by atoms with Gasteiger partial charge in [0, 0.05) is 11.9 Å². The minimum Gasteiger partial charge on any atom is -0.457 e. The zero-order chi connectivity index (χ0) is 24.4. The van der Waals surface area contributed by atoms with Crippen molar-refractivity contribution < 1.29 is 37.0 Å². The first-order valence-corrected chi connectivity index (χ1v) is 10.7. The average Bonchev–Trinajstić information content (AvgIpc) is 2.88. The van der Waals surface area contributed by atoms with E-state index < -0.39 is 23.8 Å². The second-order valence-corrected chi connectivity index (χ2v) is 8.76. The van der Waals surface area contributed by atoms with Crippen molar-refractivity contribution in [2.24, 2.45) is 0 Å². The zero-order valence-electron chi connectivity index (χ0n) is 18.0. The largest absolute Gasteiger partial charge is 0.573 e. The number of halogens is 3. The Hall–Kier alpha value is -3.21. The van der Waals surface area contributed by atoms with E-state index >= 15 is 0 Å². The summed E-state index contributed by atoms with van der Waals surface area (Å²) in [5, 5.41) is 0. The first kappa shape index (κ1) is 24.4. The molecule has 2 aromatic carbocycles. The SMILES string of the molecule is CN1C(=O)N(CC(=O)CSc2ccc(Oc3ccc(OC(F)(F)F)cc3)cc2)C(=O)C1(C)C. The van der Waals surface area contributed by atoms with Gasteiger partial charge in [-0.05, 0) is 62.4 Å². The molecule has 7 nitrogen and oxygen atoms in total. The molecule has 33 heavy (non-hydrogen) atoms. The number of nitrogens with zero attached hydrogens (tertiary/aromatic N) is 2. The molecule has 1 heterocycles. The van der Waals surface area contributed by atoms with Gasteiger partial charge in [0.1, 0.15) is 22.8 Å². The molecule has 0 atom stereocenters. The van der Waals surface area contributed by atoms with Crippen LogP contribution >= 0.6 is 11.8 Å². The summed E-state index contributed by atoms with van der Waals surface area (Å²) in [6.07, 6.45) is -4.76. The minimum atomic E-state index is -4.76. The van der Waals surface area contributed by atoms with E-state index in [1.807, 2.05) is 0 Å². The molecule has 1 aliphatic rings. The van der Waals surface area contributed by atoms with Crippen molar-refractivity contribution in [3.8, 4) is 17.2 Å². The van der Waals surface area contributed by atoms with Crippen LogP contribution in [0.1, 0.15) is 13.8 Å². The van der Waals surface area contributed by atoms with E-state index in [0.717, 1.165) is 21.9 Å². The van der Waals surface area contributed by atoms with Gasteiger partial charge in [-0.15, -0.1) is 24.9 Å². The normalized spacial score (nSPS) is 15.7. The molecule has 1 saturated heterocycles. The molecule has 1 aliphatic heterocycles. The first-order chi connectivity index (χ1) is 15.4. The zero-order valence-corrected chi connectivity index (χ0v) is 18.8. The van der Waals surface area contributed by atoms with Crippen LogP contribution in [-0.2, 0) is 9.59 Å². The summed E-state index contributed by atoms with van der Waals surface area (Å²) in [4.78, 5) is 39.9. The number of thioether (sulfide) groups is 1. The maximum absolute atomic E-state index is 12.4. The highest BCUT2D eigenvalue weighted by Gasteiger charge is 2.49. The lowest BCUT2D eigenvalue weighted by molar-refractivity contribution is -0.274. The number of hydrogen-bond donors (Lipinski definition) is 0. The van der Waals surface area contributed by atoms with Crippen LogP contribution in [0.15, 0.2) is 53.4 Å². The third-order valence-electron chi connectivity index (χ3n) is 4.98. The number of rotatable bonds is 8. The fourth-order valence-electron chi connectivity index (χ4n) is 2.96. The molecule has 0 aliphatic carbocycles. The molecule has 0 aromatic heterocycles. The second-order valence-electron chi connectivity index (χ2n) is 7.71. The molecule has 0 unspecified atom stereocenters. The molecule has 3 rings (SSSR count). The lowest BCUT2D eigenvalue weighted by Crippen LogP contribution is -2.42. The molecular weight excluding hydrogens is 461 g/mol. The summed E-state index contributed by atoms with van der Waals surface area (Å²) in [7, 11) is 1.52. The Kier molecular flexibility index (Phi) is 6.92. The van der Waals surface area contributed by atoms with Crippen LogP contribution in [0.2, 0.25) is 0 Å². The molecular formula is C22H21F3N2O5S. The summed E-state index contributed by atoms with van der Waals surface area (Å²) in [5.74, 6) is -0.176. The van der Waals surface area contributed by atoms with Crippen molar-refractivity contribution in [3.05, 3.63) is 48.5 Å². The molecule has 1 fully saturated rings. The molecule has 3 amide bonds. The standard InChI is InChI=1S/C22H21F3N2O5S/c1-21(2)19(29)27(20(30)26(21)3)12-14(28)13-33-18-10-8-16(9-11-18)31-15-4-6-17(7-5-15)32-22(23,24)25/h4-11H,12-13H2,1-3H3. The van der Waals surface area contributed by atoms with Crippen molar-refractivity contribution >= 4 is 29.5 Å². The number of benzene rings is 2. The number of urea groups is 1. The Bertz CT molecular complexity index is 1040. The van der Waals surface area contributed by atoms with Gasteiger partial charge in [-0.3, -0.25) is 14.5 Å². The van der Waals surface area contributed by atoms with Crippen molar-refractivity contribution in [3.63, 3.8) is 0 Å². The molecule has 2 aromatic rings. The Morgan fingerprint density at radius 3 is 1.97 bits per heavy atom. The first-order valence-electron chi connectivity index (χ1n) is 9.75. The third kappa shape index (κ3) is 5.98.